The van der Waals surface area contributed by atoms with Gasteiger partial charge in [0.2, 0.25) is 5.91 Å². The summed E-state index contributed by atoms with van der Waals surface area (Å²) in [7, 11) is 1.11. The molecule has 0 fully saturated rings. The van der Waals surface area contributed by atoms with Crippen molar-refractivity contribution < 1.29 is 37.3 Å². The van der Waals surface area contributed by atoms with E-state index >= 15 is 0 Å². The van der Waals surface area contributed by atoms with Crippen LogP contribution in [0.1, 0.15) is 213 Å². The Bertz CT molecular complexity index is 1580. The van der Waals surface area contributed by atoms with Crippen molar-refractivity contribution in [2.24, 2.45) is 0 Å². The molecule has 1 amide bonds. The van der Waals surface area contributed by atoms with Crippen molar-refractivity contribution in [1.29, 1.82) is 0 Å². The molecule has 0 spiro atoms. The van der Waals surface area contributed by atoms with Gasteiger partial charge in [0, 0.05) is 12.8 Å². The molecule has 0 aromatic rings. The number of amides is 1. The molecule has 0 aliphatic heterocycles. The molecule has 0 aliphatic rings. The summed E-state index contributed by atoms with van der Waals surface area (Å²) >= 11 is 0. The Hall–Kier alpha value is -3.33. The number of likely N-dealkylation sites (N-methyl/N-ethyl adjacent to an activating group) is 1. The van der Waals surface area contributed by atoms with Crippen LogP contribution in [0.25, 0.3) is 0 Å². The molecule has 9 nitrogen and oxygen atoms in total. The van der Waals surface area contributed by atoms with E-state index in [2.05, 4.69) is 111 Å². The SMILES string of the molecule is CC/C=C/C/C=C/C/C=C/C/C=C/C/C=C/CCC(=O)NC(COP(=O)([O-])OCC[N+](C)(C)C)C(/C=C/CCCCCCCCCCCC)OC(=O)CCCCCC/C=C\C/C=C\C/C=C\CCCCC. The molecule has 1 N–H and O–H groups in total. The number of carbonyl (C=O) groups is 2. The quantitative estimate of drug-likeness (QED) is 0.0212. The molecule has 0 saturated heterocycles. The fourth-order valence-electron chi connectivity index (χ4n) is 7.34. The third-order valence-corrected chi connectivity index (χ3v) is 12.7. The maximum Gasteiger partial charge on any atom is 0.306 e. The second-order valence-corrected chi connectivity index (χ2v) is 21.1. The fourth-order valence-corrected chi connectivity index (χ4v) is 8.06. The molecule has 3 atom stereocenters. The minimum atomic E-state index is -4.72. The lowest BCUT2D eigenvalue weighted by Crippen LogP contribution is -2.47. The van der Waals surface area contributed by atoms with Gasteiger partial charge in [0.05, 0.1) is 33.8 Å². The van der Waals surface area contributed by atoms with E-state index in [1.165, 1.54) is 77.0 Å². The van der Waals surface area contributed by atoms with Crippen molar-refractivity contribution in [2.45, 2.75) is 226 Å². The van der Waals surface area contributed by atoms with Crippen LogP contribution < -0.4 is 10.2 Å². The number of hydrogen-bond acceptors (Lipinski definition) is 7. The highest BCUT2D eigenvalue weighted by atomic mass is 31.2. The summed E-state index contributed by atoms with van der Waals surface area (Å²) in [6, 6.07) is -0.943. The second-order valence-electron chi connectivity index (χ2n) is 19.7. The highest BCUT2D eigenvalue weighted by Crippen LogP contribution is 2.38. The monoisotopic (exact) mass is 1010 g/mol. The lowest BCUT2D eigenvalue weighted by molar-refractivity contribution is -0.870. The van der Waals surface area contributed by atoms with Crippen LogP contribution in [-0.4, -0.2) is 69.4 Å². The number of nitrogens with zero attached hydrogens (tertiary/aromatic N) is 1. The Labute approximate surface area is 436 Å². The van der Waals surface area contributed by atoms with E-state index in [1.54, 1.807) is 6.08 Å². The number of allylic oxidation sites excluding steroid dienone is 17. The Kier molecular flexibility index (Phi) is 47.9. The molecule has 0 rings (SSSR count). The molecule has 0 radical (unpaired) electrons. The molecule has 0 bridgehead atoms. The van der Waals surface area contributed by atoms with E-state index in [9.17, 15) is 19.0 Å². The number of esters is 1. The molecule has 406 valence electrons. The van der Waals surface area contributed by atoms with Crippen LogP contribution >= 0.6 is 7.82 Å². The molecule has 0 saturated carbocycles. The number of ether oxygens (including phenoxy) is 1. The maximum absolute atomic E-state index is 13.4. The molecular formula is C61H105N2O7P. The van der Waals surface area contributed by atoms with E-state index in [0.717, 1.165) is 89.9 Å². The van der Waals surface area contributed by atoms with Gasteiger partial charge in [-0.05, 0) is 102 Å². The number of phosphoric acid groups is 1. The first-order valence-corrected chi connectivity index (χ1v) is 29.7. The van der Waals surface area contributed by atoms with E-state index in [-0.39, 0.29) is 31.3 Å². The normalized spacial score (nSPS) is 14.6. The summed E-state index contributed by atoms with van der Waals surface area (Å²) in [6.07, 6.45) is 67.8. The summed E-state index contributed by atoms with van der Waals surface area (Å²) in [5.74, 6) is -0.672. The number of rotatable bonds is 49. The highest BCUT2D eigenvalue weighted by molar-refractivity contribution is 7.45. The van der Waals surface area contributed by atoms with Gasteiger partial charge in [0.25, 0.3) is 7.82 Å². The smallest absolute Gasteiger partial charge is 0.306 e. The topological polar surface area (TPSA) is 114 Å². The molecule has 0 heterocycles. The average Bonchev–Trinajstić information content (AvgIpc) is 3.33. The molecule has 3 unspecified atom stereocenters. The van der Waals surface area contributed by atoms with E-state index in [0.29, 0.717) is 23.9 Å². The predicted molar refractivity (Wildman–Crippen MR) is 302 cm³/mol. The lowest BCUT2D eigenvalue weighted by Gasteiger charge is -2.30. The summed E-state index contributed by atoms with van der Waals surface area (Å²) < 4.78 is 30.1. The van der Waals surface area contributed by atoms with Crippen molar-refractivity contribution in [2.75, 3.05) is 40.9 Å². The number of quaternary nitrogens is 1. The van der Waals surface area contributed by atoms with E-state index in [1.807, 2.05) is 39.4 Å². The maximum atomic E-state index is 13.4. The number of nitrogens with one attached hydrogen (secondary N) is 1. The zero-order valence-corrected chi connectivity index (χ0v) is 47.0. The van der Waals surface area contributed by atoms with Crippen molar-refractivity contribution in [3.05, 3.63) is 109 Å². The van der Waals surface area contributed by atoms with Crippen LogP contribution in [0.15, 0.2) is 109 Å². The first-order valence-electron chi connectivity index (χ1n) is 28.2. The van der Waals surface area contributed by atoms with Crippen LogP contribution in [0.5, 0.6) is 0 Å². The van der Waals surface area contributed by atoms with Crippen molar-refractivity contribution in [3.63, 3.8) is 0 Å². The van der Waals surface area contributed by atoms with Gasteiger partial charge in [-0.25, -0.2) is 0 Å². The number of unbranched alkanes of at least 4 members (excludes halogenated alkanes) is 17. The van der Waals surface area contributed by atoms with E-state index < -0.39 is 26.6 Å². The summed E-state index contributed by atoms with van der Waals surface area (Å²) in [5, 5.41) is 2.96. The van der Waals surface area contributed by atoms with Crippen LogP contribution in [-0.2, 0) is 27.9 Å². The zero-order chi connectivity index (χ0) is 52.2. The number of carbonyl (C=O) groups excluding carboxylic acids is 2. The Morgan fingerprint density at radius 1 is 0.507 bits per heavy atom. The molecule has 0 aromatic heterocycles. The van der Waals surface area contributed by atoms with Crippen molar-refractivity contribution in [1.82, 2.24) is 5.32 Å². The summed E-state index contributed by atoms with van der Waals surface area (Å²) in [6.45, 7) is 6.60. The molecule has 0 aliphatic carbocycles. The van der Waals surface area contributed by atoms with Crippen LogP contribution in [0, 0.1) is 0 Å². The third kappa shape index (κ3) is 51.4. The van der Waals surface area contributed by atoms with Gasteiger partial charge in [-0.15, -0.1) is 0 Å². The molecule has 0 aromatic carbocycles. The Balaban J connectivity index is 5.53. The molecule has 10 heteroatoms. The lowest BCUT2D eigenvalue weighted by atomic mass is 10.1. The zero-order valence-electron chi connectivity index (χ0n) is 46.1. The molecular weight excluding hydrogens is 904 g/mol. The average molecular weight is 1010 g/mol. The van der Waals surface area contributed by atoms with Gasteiger partial charge >= 0.3 is 5.97 Å². The van der Waals surface area contributed by atoms with Gasteiger partial charge in [-0.2, -0.15) is 0 Å². The van der Waals surface area contributed by atoms with Gasteiger partial charge in [0.1, 0.15) is 19.3 Å². The second kappa shape index (κ2) is 50.2. The van der Waals surface area contributed by atoms with Gasteiger partial charge in [-0.1, -0.05) is 208 Å². The minimum Gasteiger partial charge on any atom is -0.756 e. The first kappa shape index (κ1) is 67.7. The summed E-state index contributed by atoms with van der Waals surface area (Å²) in [5.41, 5.74) is 0. The Morgan fingerprint density at radius 3 is 1.41 bits per heavy atom. The van der Waals surface area contributed by atoms with Gasteiger partial charge in [-0.3, -0.25) is 14.2 Å². The van der Waals surface area contributed by atoms with Crippen molar-refractivity contribution in [3.8, 4) is 0 Å². The number of phosphoric ester groups is 1. The first-order chi connectivity index (χ1) is 34.4. The predicted octanol–water partition coefficient (Wildman–Crippen LogP) is 16.4. The standard InChI is InChI=1S/C61H105N2O7P/c1-7-10-13-16-19-22-25-28-30-32-34-36-39-42-45-48-51-54-61(65)70-59(52-49-46-43-40-37-27-24-21-18-15-12-9-3)58(57-69-71(66,67)68-56-55-63(4,5)6)62-60(64)53-50-47-44-41-38-35-33-31-29-26-23-20-17-14-11-8-2/h11,14,19-20,22-23,28-31,34-36,38,44,47,49,52,58-59H,7-10,12-13,15-18,21,24-27,32-33,37,39-43,45-46,48,50-51,53-57H2,1-6H3,(H-,62,64,66,67)/b14-11+,22-19-,23-20+,30-28-,31-29+,36-34-,38-35+,47-44+,52-49+. The minimum absolute atomic E-state index is 0.0449. The number of hydrogen-bond donors (Lipinski definition) is 1. The van der Waals surface area contributed by atoms with Crippen LogP contribution in [0.3, 0.4) is 0 Å². The summed E-state index contributed by atoms with van der Waals surface area (Å²) in [4.78, 5) is 39.8. The van der Waals surface area contributed by atoms with Crippen LogP contribution in [0.4, 0.5) is 0 Å². The Morgan fingerprint density at radius 2 is 0.915 bits per heavy atom. The largest absolute Gasteiger partial charge is 0.756 e. The highest BCUT2D eigenvalue weighted by Gasteiger charge is 2.27. The van der Waals surface area contributed by atoms with Crippen LogP contribution in [0.2, 0.25) is 0 Å². The van der Waals surface area contributed by atoms with Crippen molar-refractivity contribution >= 4 is 19.7 Å². The van der Waals surface area contributed by atoms with Gasteiger partial charge < -0.3 is 28.5 Å². The third-order valence-electron chi connectivity index (χ3n) is 11.7. The molecule has 71 heavy (non-hydrogen) atoms. The van der Waals surface area contributed by atoms with E-state index in [4.69, 9.17) is 13.8 Å². The van der Waals surface area contributed by atoms with Gasteiger partial charge in [0.15, 0.2) is 0 Å². The fraction of sp³-hybridized carbons (Fsp3) is 0.672.